The molecule has 0 spiro atoms. The van der Waals surface area contributed by atoms with Gasteiger partial charge in [-0.3, -0.25) is 4.79 Å². The monoisotopic (exact) mass is 353 g/mol. The van der Waals surface area contributed by atoms with Gasteiger partial charge in [-0.2, -0.15) is 0 Å². The van der Waals surface area contributed by atoms with E-state index in [9.17, 15) is 9.90 Å². The van der Waals surface area contributed by atoms with Crippen molar-refractivity contribution in [1.82, 2.24) is 4.90 Å². The number of aryl methyl sites for hydroxylation is 1. The zero-order chi connectivity index (χ0) is 17.5. The molecule has 0 aliphatic carbocycles. The summed E-state index contributed by atoms with van der Waals surface area (Å²) in [5.74, 6) is -1.00. The highest BCUT2D eigenvalue weighted by Gasteiger charge is 2.36. The predicted molar refractivity (Wildman–Crippen MR) is 95.1 cm³/mol. The maximum absolute atomic E-state index is 11.4. The quantitative estimate of drug-likeness (QED) is 0.593. The van der Waals surface area contributed by atoms with E-state index in [1.807, 2.05) is 24.3 Å². The lowest BCUT2D eigenvalue weighted by atomic mass is 9.80. The topological polar surface area (TPSA) is 81.0 Å². The normalized spacial score (nSPS) is 21.1. The van der Waals surface area contributed by atoms with Crippen molar-refractivity contribution in [1.29, 1.82) is 0 Å². The zero-order valence-corrected chi connectivity index (χ0v) is 14.5. The Morgan fingerprint density at radius 3 is 2.54 bits per heavy atom. The van der Waals surface area contributed by atoms with Gasteiger partial charge in [-0.05, 0) is 55.7 Å². The van der Waals surface area contributed by atoms with Gasteiger partial charge in [-0.25, -0.2) is 0 Å². The number of hydrogen-bond donors (Lipinski definition) is 3. The Labute approximate surface area is 148 Å². The zero-order valence-electron chi connectivity index (χ0n) is 13.8. The molecule has 0 amide bonds. The first-order valence-corrected chi connectivity index (χ1v) is 8.89. The molecule has 132 valence electrons. The van der Waals surface area contributed by atoms with Crippen LogP contribution in [-0.4, -0.2) is 52.8 Å². The van der Waals surface area contributed by atoms with Crippen LogP contribution in [0.25, 0.3) is 0 Å². The second-order valence-corrected chi connectivity index (χ2v) is 7.04. The minimum absolute atomic E-state index is 0.0942. The van der Waals surface area contributed by atoms with Crippen LogP contribution in [0.15, 0.2) is 24.3 Å². The number of carboxylic acids is 1. The van der Waals surface area contributed by atoms with Gasteiger partial charge in [-0.15, -0.1) is 0 Å². The van der Waals surface area contributed by atoms with Crippen molar-refractivity contribution in [3.63, 3.8) is 0 Å². The largest absolute Gasteiger partial charge is 0.481 e. The van der Waals surface area contributed by atoms with Crippen LogP contribution < -0.4 is 0 Å². The van der Waals surface area contributed by atoms with E-state index in [0.717, 1.165) is 37.4 Å². The van der Waals surface area contributed by atoms with E-state index in [1.165, 1.54) is 5.56 Å². The minimum atomic E-state index is -1.30. The summed E-state index contributed by atoms with van der Waals surface area (Å²) in [5.41, 5.74) is 1.24. The molecule has 1 aromatic carbocycles. The fraction of sp³-hybridized carbons (Fsp3) is 0.588. The third-order valence-corrected chi connectivity index (χ3v) is 4.98. The molecule has 1 saturated heterocycles. The highest BCUT2D eigenvalue weighted by Crippen LogP contribution is 2.28. The lowest BCUT2D eigenvalue weighted by molar-refractivity contribution is -0.142. The van der Waals surface area contributed by atoms with Crippen molar-refractivity contribution in [3.05, 3.63) is 34.9 Å². The van der Waals surface area contributed by atoms with Crippen molar-refractivity contribution in [2.75, 3.05) is 19.6 Å². The van der Waals surface area contributed by atoms with Crippen molar-refractivity contribution >= 4 is 24.7 Å². The van der Waals surface area contributed by atoms with Crippen LogP contribution in [-0.2, 0) is 11.2 Å². The fourth-order valence-corrected chi connectivity index (χ4v) is 3.56. The van der Waals surface area contributed by atoms with Crippen LogP contribution in [0, 0.1) is 11.8 Å². The van der Waals surface area contributed by atoms with Gasteiger partial charge in [0.1, 0.15) is 0 Å². The van der Waals surface area contributed by atoms with Gasteiger partial charge in [0.25, 0.3) is 0 Å². The first-order valence-electron chi connectivity index (χ1n) is 8.51. The van der Waals surface area contributed by atoms with Crippen LogP contribution in [0.3, 0.4) is 0 Å². The molecule has 7 heteroatoms. The first kappa shape index (κ1) is 19.3. The average molecular weight is 354 g/mol. The summed E-state index contributed by atoms with van der Waals surface area (Å²) in [4.78, 5) is 13.7. The number of aliphatic carboxylic acids is 1. The predicted octanol–water partition coefficient (Wildman–Crippen LogP) is 2.16. The highest BCUT2D eigenvalue weighted by atomic mass is 35.5. The molecule has 0 bridgehead atoms. The van der Waals surface area contributed by atoms with Gasteiger partial charge < -0.3 is 20.1 Å². The van der Waals surface area contributed by atoms with E-state index in [4.69, 9.17) is 21.6 Å². The van der Waals surface area contributed by atoms with Crippen molar-refractivity contribution in [2.24, 2.45) is 11.8 Å². The Morgan fingerprint density at radius 2 is 1.92 bits per heavy atom. The molecule has 1 heterocycles. The van der Waals surface area contributed by atoms with Crippen molar-refractivity contribution in [3.8, 4) is 0 Å². The number of carboxylic acid groups (broad SMARTS) is 1. The van der Waals surface area contributed by atoms with Crippen LogP contribution in [0.2, 0.25) is 11.3 Å². The molecule has 24 heavy (non-hydrogen) atoms. The Morgan fingerprint density at radius 1 is 1.21 bits per heavy atom. The summed E-state index contributed by atoms with van der Waals surface area (Å²) in [7, 11) is -1.30. The minimum Gasteiger partial charge on any atom is -0.481 e. The Kier molecular flexibility index (Phi) is 7.56. The van der Waals surface area contributed by atoms with Crippen LogP contribution in [0.5, 0.6) is 0 Å². The van der Waals surface area contributed by atoms with Gasteiger partial charge in [0, 0.05) is 18.1 Å². The lowest BCUT2D eigenvalue weighted by Gasteiger charge is -2.15. The van der Waals surface area contributed by atoms with E-state index in [0.29, 0.717) is 19.3 Å². The first-order chi connectivity index (χ1) is 11.5. The van der Waals surface area contributed by atoms with Crippen LogP contribution in [0.1, 0.15) is 24.8 Å². The molecule has 1 fully saturated rings. The van der Waals surface area contributed by atoms with Gasteiger partial charge in [0.2, 0.25) is 0 Å². The number of hydrogen-bond acceptors (Lipinski definition) is 4. The summed E-state index contributed by atoms with van der Waals surface area (Å²) in [5, 5.41) is 28.0. The van der Waals surface area contributed by atoms with E-state index >= 15 is 0 Å². The molecule has 2 rings (SSSR count). The smallest absolute Gasteiger partial charge is 0.451 e. The fourth-order valence-electron chi connectivity index (χ4n) is 3.44. The standard InChI is InChI=1S/C17H25BClNO4/c19-15-7-5-13(6-8-15)3-2-10-20-11-14(4-1-9-18(23)24)16(12-20)17(21)22/h5-8,14,16,23-24H,1-4,9-12H2,(H,21,22)/t14-,16+/m0/s1. The number of likely N-dealkylation sites (tertiary alicyclic amines) is 1. The maximum atomic E-state index is 11.4. The maximum Gasteiger partial charge on any atom is 0.451 e. The Bertz CT molecular complexity index is 526. The van der Waals surface area contributed by atoms with Gasteiger partial charge in [0.15, 0.2) is 0 Å². The third-order valence-electron chi connectivity index (χ3n) is 4.72. The average Bonchev–Trinajstić information content (AvgIpc) is 2.92. The molecule has 1 aliphatic heterocycles. The van der Waals surface area contributed by atoms with Crippen molar-refractivity contribution < 1.29 is 19.9 Å². The van der Waals surface area contributed by atoms with E-state index in [-0.39, 0.29) is 11.8 Å². The van der Waals surface area contributed by atoms with Crippen LogP contribution >= 0.6 is 11.6 Å². The summed E-state index contributed by atoms with van der Waals surface area (Å²) in [6.45, 7) is 2.24. The van der Waals surface area contributed by atoms with E-state index in [1.54, 1.807) is 0 Å². The molecule has 1 aromatic rings. The summed E-state index contributed by atoms with van der Waals surface area (Å²) in [6.07, 6.45) is 3.61. The Balaban J connectivity index is 1.76. The number of carbonyl (C=O) groups is 1. The van der Waals surface area contributed by atoms with E-state index in [2.05, 4.69) is 4.90 Å². The second-order valence-electron chi connectivity index (χ2n) is 6.61. The summed E-state index contributed by atoms with van der Waals surface area (Å²) in [6, 6.07) is 7.82. The molecule has 0 aromatic heterocycles. The van der Waals surface area contributed by atoms with Gasteiger partial charge in [0.05, 0.1) is 5.92 Å². The number of rotatable bonds is 9. The molecular formula is C17H25BClNO4. The van der Waals surface area contributed by atoms with Crippen LogP contribution in [0.4, 0.5) is 0 Å². The van der Waals surface area contributed by atoms with E-state index < -0.39 is 13.1 Å². The summed E-state index contributed by atoms with van der Waals surface area (Å²) < 4.78 is 0. The summed E-state index contributed by atoms with van der Waals surface area (Å²) >= 11 is 5.88. The number of halogens is 1. The molecule has 0 radical (unpaired) electrons. The Hall–Kier alpha value is -1.08. The molecular weight excluding hydrogens is 328 g/mol. The van der Waals surface area contributed by atoms with Gasteiger partial charge >= 0.3 is 13.1 Å². The molecule has 3 N–H and O–H groups in total. The molecule has 1 aliphatic rings. The number of nitrogens with zero attached hydrogens (tertiary/aromatic N) is 1. The third kappa shape index (κ3) is 6.09. The van der Waals surface area contributed by atoms with Gasteiger partial charge in [-0.1, -0.05) is 30.2 Å². The number of benzene rings is 1. The molecule has 0 unspecified atom stereocenters. The highest BCUT2D eigenvalue weighted by molar-refractivity contribution is 6.40. The lowest BCUT2D eigenvalue weighted by Crippen LogP contribution is -2.24. The molecule has 5 nitrogen and oxygen atoms in total. The molecule has 0 saturated carbocycles. The second kappa shape index (κ2) is 9.42. The van der Waals surface area contributed by atoms with Crippen molar-refractivity contribution in [2.45, 2.75) is 32.0 Å². The SMILES string of the molecule is O=C(O)[C@@H]1CN(CCCc2ccc(Cl)cc2)C[C@@H]1CCCB(O)O. The molecule has 2 atom stereocenters.